The van der Waals surface area contributed by atoms with E-state index in [1.165, 1.54) is 19.3 Å². The number of hydrogen-bond donors (Lipinski definition) is 2. The van der Waals surface area contributed by atoms with Crippen molar-refractivity contribution in [2.24, 2.45) is 23.5 Å². The molecule has 4 rings (SSSR count). The molecule has 1 aliphatic heterocycles. The van der Waals surface area contributed by atoms with Crippen molar-refractivity contribution in [2.45, 2.75) is 44.7 Å². The van der Waals surface area contributed by atoms with E-state index < -0.39 is 0 Å². The van der Waals surface area contributed by atoms with Gasteiger partial charge in [-0.3, -0.25) is 4.79 Å². The highest BCUT2D eigenvalue weighted by molar-refractivity contribution is 5.78. The number of carbonyl (C=O) groups is 1. The zero-order chi connectivity index (χ0) is 15.8. The Kier molecular flexibility index (Phi) is 3.89. The molecule has 2 bridgehead atoms. The molecule has 1 aromatic carbocycles. The molecule has 1 aromatic rings. The van der Waals surface area contributed by atoms with Crippen LogP contribution in [0.15, 0.2) is 18.2 Å². The molecule has 0 saturated heterocycles. The lowest BCUT2D eigenvalue weighted by Crippen LogP contribution is -2.49. The number of benzene rings is 1. The number of carbonyl (C=O) groups excluding carboxylic acids is 1. The fourth-order valence-electron chi connectivity index (χ4n) is 4.39. The second-order valence-corrected chi connectivity index (χ2v) is 7.10. The van der Waals surface area contributed by atoms with Crippen molar-refractivity contribution < 1.29 is 14.3 Å². The number of nitrogens with two attached hydrogens (primary N) is 1. The lowest BCUT2D eigenvalue weighted by molar-refractivity contribution is -0.128. The SMILES string of the molecule is NC1C2CCCC1CC(C(=O)NCc1ccc3c(c1)OCO3)C2. The van der Waals surface area contributed by atoms with Gasteiger partial charge in [-0.1, -0.05) is 12.5 Å². The fourth-order valence-corrected chi connectivity index (χ4v) is 4.39. The van der Waals surface area contributed by atoms with Crippen molar-refractivity contribution in [2.75, 3.05) is 6.79 Å². The zero-order valence-corrected chi connectivity index (χ0v) is 13.3. The third-order valence-corrected chi connectivity index (χ3v) is 5.69. The van der Waals surface area contributed by atoms with Crippen molar-refractivity contribution in [1.82, 2.24) is 5.32 Å². The standard InChI is InChI=1S/C18H24N2O3/c19-17-12-2-1-3-13(17)8-14(7-12)18(21)20-9-11-4-5-15-16(6-11)23-10-22-15/h4-6,12-14,17H,1-3,7-10,19H2,(H,20,21). The van der Waals surface area contributed by atoms with Crippen molar-refractivity contribution in [3.63, 3.8) is 0 Å². The Labute approximate surface area is 136 Å². The highest BCUT2D eigenvalue weighted by atomic mass is 16.7. The summed E-state index contributed by atoms with van der Waals surface area (Å²) >= 11 is 0. The van der Waals surface area contributed by atoms with Gasteiger partial charge in [-0.25, -0.2) is 0 Å². The van der Waals surface area contributed by atoms with Gasteiger partial charge in [0.2, 0.25) is 12.7 Å². The van der Waals surface area contributed by atoms with Gasteiger partial charge < -0.3 is 20.5 Å². The van der Waals surface area contributed by atoms with Crippen molar-refractivity contribution in [1.29, 1.82) is 0 Å². The molecule has 3 N–H and O–H groups in total. The van der Waals surface area contributed by atoms with E-state index in [2.05, 4.69) is 5.32 Å². The van der Waals surface area contributed by atoms with Crippen LogP contribution in [-0.4, -0.2) is 18.7 Å². The second-order valence-electron chi connectivity index (χ2n) is 7.10. The maximum absolute atomic E-state index is 12.5. The van der Waals surface area contributed by atoms with Crippen LogP contribution in [0.2, 0.25) is 0 Å². The molecule has 2 atom stereocenters. The molecule has 2 saturated carbocycles. The van der Waals surface area contributed by atoms with Gasteiger partial charge in [0.25, 0.3) is 0 Å². The van der Waals surface area contributed by atoms with Crippen LogP contribution < -0.4 is 20.5 Å². The molecule has 23 heavy (non-hydrogen) atoms. The first-order chi connectivity index (χ1) is 11.2. The van der Waals surface area contributed by atoms with Crippen LogP contribution in [-0.2, 0) is 11.3 Å². The van der Waals surface area contributed by atoms with Gasteiger partial charge in [0.1, 0.15) is 0 Å². The van der Waals surface area contributed by atoms with E-state index in [0.29, 0.717) is 24.4 Å². The number of ether oxygens (including phenoxy) is 2. The van der Waals surface area contributed by atoms with E-state index in [4.69, 9.17) is 15.2 Å². The third kappa shape index (κ3) is 2.90. The number of rotatable bonds is 3. The first-order valence-corrected chi connectivity index (χ1v) is 8.62. The maximum Gasteiger partial charge on any atom is 0.231 e. The zero-order valence-electron chi connectivity index (χ0n) is 13.3. The van der Waals surface area contributed by atoms with Gasteiger partial charge in [-0.15, -0.1) is 0 Å². The molecular weight excluding hydrogens is 292 g/mol. The molecule has 1 amide bonds. The lowest BCUT2D eigenvalue weighted by Gasteiger charge is -2.43. The van der Waals surface area contributed by atoms with Crippen LogP contribution in [0.3, 0.4) is 0 Å². The summed E-state index contributed by atoms with van der Waals surface area (Å²) in [5.41, 5.74) is 7.34. The van der Waals surface area contributed by atoms with Gasteiger partial charge in [0.15, 0.2) is 11.5 Å². The summed E-state index contributed by atoms with van der Waals surface area (Å²) < 4.78 is 10.7. The molecule has 2 unspecified atom stereocenters. The Morgan fingerprint density at radius 1 is 1.17 bits per heavy atom. The van der Waals surface area contributed by atoms with Gasteiger partial charge in [0.05, 0.1) is 0 Å². The van der Waals surface area contributed by atoms with Crippen molar-refractivity contribution in [3.05, 3.63) is 23.8 Å². The minimum Gasteiger partial charge on any atom is -0.454 e. The van der Waals surface area contributed by atoms with E-state index in [0.717, 1.165) is 29.9 Å². The average molecular weight is 316 g/mol. The first kappa shape index (κ1) is 14.8. The van der Waals surface area contributed by atoms with Crippen molar-refractivity contribution in [3.8, 4) is 11.5 Å². The van der Waals surface area contributed by atoms with Crippen LogP contribution in [0.25, 0.3) is 0 Å². The number of amides is 1. The highest BCUT2D eigenvalue weighted by Gasteiger charge is 2.40. The lowest BCUT2D eigenvalue weighted by atomic mass is 9.65. The Balaban J connectivity index is 1.35. The smallest absolute Gasteiger partial charge is 0.231 e. The maximum atomic E-state index is 12.5. The second kappa shape index (κ2) is 6.04. The Morgan fingerprint density at radius 3 is 2.70 bits per heavy atom. The summed E-state index contributed by atoms with van der Waals surface area (Å²) in [6.07, 6.45) is 5.54. The van der Waals surface area contributed by atoms with Gasteiger partial charge in [-0.2, -0.15) is 0 Å². The largest absolute Gasteiger partial charge is 0.454 e. The van der Waals surface area contributed by atoms with Crippen molar-refractivity contribution >= 4 is 5.91 Å². The topological polar surface area (TPSA) is 73.6 Å². The number of nitrogens with one attached hydrogen (secondary N) is 1. The molecule has 3 aliphatic rings. The summed E-state index contributed by atoms with van der Waals surface area (Å²) in [4.78, 5) is 12.5. The molecule has 1 heterocycles. The van der Waals surface area contributed by atoms with E-state index >= 15 is 0 Å². The van der Waals surface area contributed by atoms with Gasteiger partial charge in [-0.05, 0) is 55.2 Å². The molecule has 2 fully saturated rings. The Bertz CT molecular complexity index is 590. The minimum atomic E-state index is 0.124. The monoisotopic (exact) mass is 316 g/mol. The highest BCUT2D eigenvalue weighted by Crippen LogP contribution is 2.42. The van der Waals surface area contributed by atoms with Crippen LogP contribution in [0.5, 0.6) is 11.5 Å². The fraction of sp³-hybridized carbons (Fsp3) is 0.611. The predicted molar refractivity (Wildman–Crippen MR) is 85.9 cm³/mol. The normalized spacial score (nSPS) is 31.7. The van der Waals surface area contributed by atoms with Crippen LogP contribution in [0.4, 0.5) is 0 Å². The molecule has 2 aliphatic carbocycles. The quantitative estimate of drug-likeness (QED) is 0.896. The summed E-state index contributed by atoms with van der Waals surface area (Å²) in [6, 6.07) is 6.11. The summed E-state index contributed by atoms with van der Waals surface area (Å²) in [6.45, 7) is 0.809. The van der Waals surface area contributed by atoms with E-state index in [-0.39, 0.29) is 18.6 Å². The third-order valence-electron chi connectivity index (χ3n) is 5.69. The van der Waals surface area contributed by atoms with Crippen LogP contribution in [0.1, 0.15) is 37.7 Å². The number of fused-ring (bicyclic) bond motifs is 3. The molecular formula is C18H24N2O3. The summed E-state index contributed by atoms with van der Waals surface area (Å²) in [7, 11) is 0. The number of hydrogen-bond acceptors (Lipinski definition) is 4. The Hall–Kier alpha value is -1.75. The van der Waals surface area contributed by atoms with E-state index in [1.54, 1.807) is 0 Å². The predicted octanol–water partition coefficient (Wildman–Crippen LogP) is 2.19. The molecule has 0 radical (unpaired) electrons. The molecule has 5 heteroatoms. The van der Waals surface area contributed by atoms with Gasteiger partial charge >= 0.3 is 0 Å². The molecule has 124 valence electrons. The summed E-state index contributed by atoms with van der Waals surface area (Å²) in [5.74, 6) is 2.89. The minimum absolute atomic E-state index is 0.124. The first-order valence-electron chi connectivity index (χ1n) is 8.62. The molecule has 0 spiro atoms. The van der Waals surface area contributed by atoms with E-state index in [9.17, 15) is 4.79 Å². The van der Waals surface area contributed by atoms with Crippen LogP contribution >= 0.6 is 0 Å². The molecule has 5 nitrogen and oxygen atoms in total. The average Bonchev–Trinajstić information content (AvgIpc) is 3.00. The molecule has 0 aromatic heterocycles. The van der Waals surface area contributed by atoms with E-state index in [1.807, 2.05) is 18.2 Å². The Morgan fingerprint density at radius 2 is 1.91 bits per heavy atom. The van der Waals surface area contributed by atoms with Gasteiger partial charge in [0, 0.05) is 18.5 Å². The summed E-state index contributed by atoms with van der Waals surface area (Å²) in [5, 5.41) is 3.09. The van der Waals surface area contributed by atoms with Crippen LogP contribution in [0, 0.1) is 17.8 Å².